The molecule has 3 rings (SSSR count). The van der Waals surface area contributed by atoms with Crippen LogP contribution in [0.1, 0.15) is 12.0 Å². The zero-order chi connectivity index (χ0) is 15.5. The molecule has 114 valence electrons. The Morgan fingerprint density at radius 1 is 1.45 bits per heavy atom. The smallest absolute Gasteiger partial charge is 0.128 e. The molecular weight excluding hydrogens is 276 g/mol. The van der Waals surface area contributed by atoms with Crippen molar-refractivity contribution in [3.63, 3.8) is 0 Å². The van der Waals surface area contributed by atoms with Gasteiger partial charge in [0, 0.05) is 36.3 Å². The standard InChI is InChI=1S/C18H20N2O2/c1-3-18(21)20-9-6-13(7-10-20)15-11-14-5-4-8-19-16(14)12-17(15)22-2/h3-6,8,11-12,18,21H,1,7,9-10H2,2H3. The van der Waals surface area contributed by atoms with Gasteiger partial charge in [0.05, 0.1) is 12.6 Å². The zero-order valence-electron chi connectivity index (χ0n) is 12.7. The molecule has 1 atom stereocenters. The van der Waals surface area contributed by atoms with E-state index in [0.717, 1.165) is 35.2 Å². The number of hydrogen-bond donors (Lipinski definition) is 1. The van der Waals surface area contributed by atoms with Crippen molar-refractivity contribution in [1.29, 1.82) is 0 Å². The highest BCUT2D eigenvalue weighted by Gasteiger charge is 2.19. The van der Waals surface area contributed by atoms with Gasteiger partial charge in [-0.05, 0) is 30.2 Å². The molecule has 4 nitrogen and oxygen atoms in total. The van der Waals surface area contributed by atoms with Gasteiger partial charge >= 0.3 is 0 Å². The number of hydrogen-bond acceptors (Lipinski definition) is 4. The molecule has 0 amide bonds. The number of ether oxygens (including phenoxy) is 1. The van der Waals surface area contributed by atoms with E-state index in [-0.39, 0.29) is 0 Å². The van der Waals surface area contributed by atoms with E-state index in [1.165, 1.54) is 5.57 Å². The monoisotopic (exact) mass is 296 g/mol. The van der Waals surface area contributed by atoms with Crippen LogP contribution >= 0.6 is 0 Å². The number of aliphatic hydroxyl groups is 1. The quantitative estimate of drug-likeness (QED) is 0.881. The molecule has 2 heterocycles. The summed E-state index contributed by atoms with van der Waals surface area (Å²) >= 11 is 0. The Bertz CT molecular complexity index is 724. The van der Waals surface area contributed by atoms with Crippen molar-refractivity contribution in [3.05, 3.63) is 54.8 Å². The molecule has 1 unspecified atom stereocenters. The predicted octanol–water partition coefficient (Wildman–Crippen LogP) is 2.84. The van der Waals surface area contributed by atoms with E-state index in [9.17, 15) is 5.11 Å². The van der Waals surface area contributed by atoms with Gasteiger partial charge in [0.25, 0.3) is 0 Å². The van der Waals surface area contributed by atoms with Crippen molar-refractivity contribution >= 4 is 16.5 Å². The fourth-order valence-corrected chi connectivity index (χ4v) is 2.84. The van der Waals surface area contributed by atoms with Crippen molar-refractivity contribution in [2.45, 2.75) is 12.6 Å². The highest BCUT2D eigenvalue weighted by molar-refractivity contribution is 5.86. The minimum atomic E-state index is -0.583. The minimum Gasteiger partial charge on any atom is -0.496 e. The summed E-state index contributed by atoms with van der Waals surface area (Å²) in [5.41, 5.74) is 3.29. The summed E-state index contributed by atoms with van der Waals surface area (Å²) in [5, 5.41) is 10.9. The van der Waals surface area contributed by atoms with E-state index in [0.29, 0.717) is 6.54 Å². The second kappa shape index (κ2) is 6.30. The van der Waals surface area contributed by atoms with Gasteiger partial charge in [0.2, 0.25) is 0 Å². The minimum absolute atomic E-state index is 0.583. The average Bonchev–Trinajstić information content (AvgIpc) is 2.60. The summed E-state index contributed by atoms with van der Waals surface area (Å²) < 4.78 is 5.54. The van der Waals surface area contributed by atoms with Gasteiger partial charge in [0.1, 0.15) is 12.0 Å². The topological polar surface area (TPSA) is 45.6 Å². The third-order valence-electron chi connectivity index (χ3n) is 4.10. The van der Waals surface area contributed by atoms with Crippen molar-refractivity contribution in [2.75, 3.05) is 20.2 Å². The molecule has 4 heteroatoms. The Balaban J connectivity index is 1.96. The van der Waals surface area contributed by atoms with Crippen LogP contribution in [0.3, 0.4) is 0 Å². The maximum atomic E-state index is 9.83. The predicted molar refractivity (Wildman–Crippen MR) is 88.7 cm³/mol. The molecule has 1 aliphatic rings. The highest BCUT2D eigenvalue weighted by Crippen LogP contribution is 2.33. The zero-order valence-corrected chi connectivity index (χ0v) is 12.7. The molecule has 0 saturated heterocycles. The number of nitrogens with zero attached hydrogens (tertiary/aromatic N) is 2. The maximum Gasteiger partial charge on any atom is 0.128 e. The normalized spacial score (nSPS) is 17.1. The summed E-state index contributed by atoms with van der Waals surface area (Å²) in [6.45, 7) is 5.14. The van der Waals surface area contributed by atoms with Crippen LogP contribution in [0.5, 0.6) is 5.75 Å². The number of benzene rings is 1. The SMILES string of the molecule is C=CC(O)N1CC=C(c2cc3cccnc3cc2OC)CC1. The molecule has 0 aliphatic carbocycles. The first-order chi connectivity index (χ1) is 10.7. The molecule has 22 heavy (non-hydrogen) atoms. The molecule has 0 spiro atoms. The molecule has 0 radical (unpaired) electrons. The molecule has 1 aromatic carbocycles. The van der Waals surface area contributed by atoms with Crippen LogP contribution < -0.4 is 4.74 Å². The average molecular weight is 296 g/mol. The van der Waals surface area contributed by atoms with E-state index in [1.54, 1.807) is 19.4 Å². The first-order valence-electron chi connectivity index (χ1n) is 7.40. The molecular formula is C18H20N2O2. The summed E-state index contributed by atoms with van der Waals surface area (Å²) in [5.74, 6) is 0.843. The maximum absolute atomic E-state index is 9.83. The summed E-state index contributed by atoms with van der Waals surface area (Å²) in [6.07, 6.45) is 5.78. The van der Waals surface area contributed by atoms with Gasteiger partial charge in [-0.2, -0.15) is 0 Å². The Kier molecular flexibility index (Phi) is 4.22. The highest BCUT2D eigenvalue weighted by atomic mass is 16.5. The van der Waals surface area contributed by atoms with E-state index in [1.807, 2.05) is 17.0 Å². The fraction of sp³-hybridized carbons (Fsp3) is 0.278. The van der Waals surface area contributed by atoms with Crippen molar-refractivity contribution in [2.24, 2.45) is 0 Å². The first kappa shape index (κ1) is 14.8. The van der Waals surface area contributed by atoms with Crippen LogP contribution in [0.4, 0.5) is 0 Å². The van der Waals surface area contributed by atoms with Crippen molar-refractivity contribution < 1.29 is 9.84 Å². The van der Waals surface area contributed by atoms with Crippen LogP contribution in [-0.2, 0) is 0 Å². The fourth-order valence-electron chi connectivity index (χ4n) is 2.84. The summed E-state index contributed by atoms with van der Waals surface area (Å²) in [4.78, 5) is 6.35. The van der Waals surface area contributed by atoms with E-state index in [2.05, 4.69) is 29.8 Å². The van der Waals surface area contributed by atoms with E-state index in [4.69, 9.17) is 4.74 Å². The van der Waals surface area contributed by atoms with Crippen molar-refractivity contribution in [3.8, 4) is 5.75 Å². The summed E-state index contributed by atoms with van der Waals surface area (Å²) in [6, 6.07) is 8.11. The Morgan fingerprint density at radius 3 is 3.00 bits per heavy atom. The lowest BCUT2D eigenvalue weighted by molar-refractivity contribution is 0.0506. The number of methoxy groups -OCH3 is 1. The van der Waals surface area contributed by atoms with Crippen LogP contribution in [0, 0.1) is 0 Å². The molecule has 2 aromatic rings. The van der Waals surface area contributed by atoms with Crippen LogP contribution in [0.2, 0.25) is 0 Å². The Morgan fingerprint density at radius 2 is 2.32 bits per heavy atom. The molecule has 0 saturated carbocycles. The number of aliphatic hydroxyl groups excluding tert-OH is 1. The van der Waals surface area contributed by atoms with Crippen LogP contribution in [-0.4, -0.2) is 41.4 Å². The third kappa shape index (κ3) is 2.75. The Hall–Kier alpha value is -2.17. The number of fused-ring (bicyclic) bond motifs is 1. The largest absolute Gasteiger partial charge is 0.496 e. The van der Waals surface area contributed by atoms with Gasteiger partial charge in [-0.25, -0.2) is 0 Å². The van der Waals surface area contributed by atoms with Gasteiger partial charge in [-0.3, -0.25) is 9.88 Å². The molecule has 0 bridgehead atoms. The summed E-state index contributed by atoms with van der Waals surface area (Å²) in [7, 11) is 1.69. The lowest BCUT2D eigenvalue weighted by Crippen LogP contribution is -2.36. The molecule has 0 fully saturated rings. The van der Waals surface area contributed by atoms with Gasteiger partial charge < -0.3 is 9.84 Å². The Labute approximate surface area is 130 Å². The molecule has 1 aliphatic heterocycles. The van der Waals surface area contributed by atoms with Gasteiger partial charge in [0.15, 0.2) is 0 Å². The van der Waals surface area contributed by atoms with Gasteiger partial charge in [-0.1, -0.05) is 18.7 Å². The molecule has 1 N–H and O–H groups in total. The van der Waals surface area contributed by atoms with Crippen LogP contribution in [0.15, 0.2) is 49.2 Å². The number of aromatic nitrogens is 1. The first-order valence-corrected chi connectivity index (χ1v) is 7.40. The van der Waals surface area contributed by atoms with Gasteiger partial charge in [-0.15, -0.1) is 0 Å². The lowest BCUT2D eigenvalue weighted by atomic mass is 9.96. The second-order valence-corrected chi connectivity index (χ2v) is 5.37. The van der Waals surface area contributed by atoms with E-state index < -0.39 is 6.23 Å². The number of pyridine rings is 1. The third-order valence-corrected chi connectivity index (χ3v) is 4.10. The van der Waals surface area contributed by atoms with E-state index >= 15 is 0 Å². The van der Waals surface area contributed by atoms with Crippen LogP contribution in [0.25, 0.3) is 16.5 Å². The second-order valence-electron chi connectivity index (χ2n) is 5.37. The molecule has 1 aromatic heterocycles. The number of rotatable bonds is 4. The van der Waals surface area contributed by atoms with Crippen molar-refractivity contribution in [1.82, 2.24) is 9.88 Å². The lowest BCUT2D eigenvalue weighted by Gasteiger charge is -2.29.